The SMILES string of the molecule is CCCCC(Nc1c(C)n(C)c(=O)n(C)c1=O)SCC(=O)c1cccc(O)c1. The van der Waals surface area contributed by atoms with Gasteiger partial charge in [-0.3, -0.25) is 18.7 Å². The molecule has 152 valence electrons. The second-order valence-corrected chi connectivity index (χ2v) is 7.92. The third kappa shape index (κ3) is 5.07. The number of aromatic hydroxyl groups is 1. The molecule has 1 atom stereocenters. The number of rotatable bonds is 9. The van der Waals surface area contributed by atoms with Gasteiger partial charge in [0, 0.05) is 25.4 Å². The summed E-state index contributed by atoms with van der Waals surface area (Å²) in [5.41, 5.74) is 0.653. The molecule has 1 aromatic heterocycles. The van der Waals surface area contributed by atoms with Gasteiger partial charge in [-0.05, 0) is 25.5 Å². The minimum Gasteiger partial charge on any atom is -0.508 e. The van der Waals surface area contributed by atoms with E-state index in [1.807, 2.05) is 0 Å². The highest BCUT2D eigenvalue weighted by molar-refractivity contribution is 8.00. The Morgan fingerprint density at radius 1 is 1.25 bits per heavy atom. The number of aromatic nitrogens is 2. The number of unbranched alkanes of at least 4 members (excludes halogenated alkanes) is 1. The van der Waals surface area contributed by atoms with E-state index < -0.39 is 0 Å². The van der Waals surface area contributed by atoms with Gasteiger partial charge in [-0.2, -0.15) is 0 Å². The summed E-state index contributed by atoms with van der Waals surface area (Å²) in [6.07, 6.45) is 2.71. The number of thioether (sulfide) groups is 1. The molecule has 0 aliphatic carbocycles. The highest BCUT2D eigenvalue weighted by Gasteiger charge is 2.18. The van der Waals surface area contributed by atoms with Crippen LogP contribution in [-0.4, -0.2) is 31.2 Å². The van der Waals surface area contributed by atoms with Crippen LogP contribution >= 0.6 is 11.8 Å². The summed E-state index contributed by atoms with van der Waals surface area (Å²) in [7, 11) is 3.08. The number of ketones is 1. The van der Waals surface area contributed by atoms with E-state index in [1.165, 1.54) is 35.5 Å². The van der Waals surface area contributed by atoms with Crippen molar-refractivity contribution in [1.29, 1.82) is 0 Å². The van der Waals surface area contributed by atoms with Crippen LogP contribution in [0.4, 0.5) is 5.69 Å². The van der Waals surface area contributed by atoms with Gasteiger partial charge >= 0.3 is 5.69 Å². The number of phenolic OH excluding ortho intramolecular Hbond substituents is 1. The van der Waals surface area contributed by atoms with Gasteiger partial charge in [-0.15, -0.1) is 11.8 Å². The predicted octanol–water partition coefficient (Wildman–Crippen LogP) is 2.64. The van der Waals surface area contributed by atoms with Gasteiger partial charge in [0.1, 0.15) is 11.4 Å². The van der Waals surface area contributed by atoms with Crippen molar-refractivity contribution < 1.29 is 9.90 Å². The lowest BCUT2D eigenvalue weighted by molar-refractivity contribution is 0.102. The van der Waals surface area contributed by atoms with Crippen LogP contribution < -0.4 is 16.6 Å². The summed E-state index contributed by atoms with van der Waals surface area (Å²) in [4.78, 5) is 37.0. The number of carbonyl (C=O) groups excluding carboxylic acids is 1. The van der Waals surface area contributed by atoms with Crippen molar-refractivity contribution in [3.63, 3.8) is 0 Å². The van der Waals surface area contributed by atoms with Crippen molar-refractivity contribution in [2.24, 2.45) is 14.1 Å². The van der Waals surface area contributed by atoms with Crippen LogP contribution in [0.5, 0.6) is 5.75 Å². The first-order valence-corrected chi connectivity index (χ1v) is 10.3. The van der Waals surface area contributed by atoms with E-state index in [4.69, 9.17) is 0 Å². The van der Waals surface area contributed by atoms with Gasteiger partial charge in [-0.1, -0.05) is 31.9 Å². The molecule has 1 unspecified atom stereocenters. The van der Waals surface area contributed by atoms with Gasteiger partial charge in [0.15, 0.2) is 5.78 Å². The van der Waals surface area contributed by atoms with Crippen LogP contribution in [0.2, 0.25) is 0 Å². The zero-order valence-electron chi connectivity index (χ0n) is 16.7. The minimum absolute atomic E-state index is 0.0563. The molecule has 8 heteroatoms. The Labute approximate surface area is 168 Å². The topological polar surface area (TPSA) is 93.3 Å². The summed E-state index contributed by atoms with van der Waals surface area (Å²) in [6, 6.07) is 6.28. The summed E-state index contributed by atoms with van der Waals surface area (Å²) in [5.74, 6) is 0.186. The number of nitrogens with one attached hydrogen (secondary N) is 1. The van der Waals surface area contributed by atoms with Gasteiger partial charge in [0.2, 0.25) is 0 Å². The molecule has 2 rings (SSSR count). The van der Waals surface area contributed by atoms with E-state index in [-0.39, 0.29) is 33.9 Å². The second kappa shape index (κ2) is 9.64. The van der Waals surface area contributed by atoms with Crippen molar-refractivity contribution >= 4 is 23.2 Å². The zero-order valence-corrected chi connectivity index (χ0v) is 17.5. The van der Waals surface area contributed by atoms with E-state index in [1.54, 1.807) is 26.1 Å². The van der Waals surface area contributed by atoms with Crippen molar-refractivity contribution in [1.82, 2.24) is 9.13 Å². The summed E-state index contributed by atoms with van der Waals surface area (Å²) >= 11 is 1.42. The highest BCUT2D eigenvalue weighted by atomic mass is 32.2. The maximum absolute atomic E-state index is 12.6. The van der Waals surface area contributed by atoms with Crippen LogP contribution in [0.3, 0.4) is 0 Å². The average Bonchev–Trinajstić information content (AvgIpc) is 2.69. The molecular formula is C20H27N3O4S. The third-order valence-electron chi connectivity index (χ3n) is 4.67. The molecule has 0 fully saturated rings. The molecule has 1 heterocycles. The number of benzene rings is 1. The first-order chi connectivity index (χ1) is 13.3. The lowest BCUT2D eigenvalue weighted by Crippen LogP contribution is -2.40. The first kappa shape index (κ1) is 21.8. The summed E-state index contributed by atoms with van der Waals surface area (Å²) in [5, 5.41) is 12.6. The molecule has 1 aromatic carbocycles. The molecule has 0 bridgehead atoms. The lowest BCUT2D eigenvalue weighted by Gasteiger charge is -2.21. The number of carbonyl (C=O) groups is 1. The van der Waals surface area contributed by atoms with E-state index in [9.17, 15) is 19.5 Å². The predicted molar refractivity (Wildman–Crippen MR) is 113 cm³/mol. The maximum atomic E-state index is 12.6. The molecule has 0 aliphatic rings. The molecule has 7 nitrogen and oxygen atoms in total. The number of anilines is 1. The molecule has 0 saturated carbocycles. The number of Topliss-reactive ketones (excluding diaryl/α,β-unsaturated/α-hetero) is 1. The molecule has 0 saturated heterocycles. The van der Waals surface area contributed by atoms with Gasteiger partial charge in [0.05, 0.1) is 11.1 Å². The van der Waals surface area contributed by atoms with Crippen LogP contribution in [-0.2, 0) is 14.1 Å². The van der Waals surface area contributed by atoms with E-state index in [0.717, 1.165) is 23.8 Å². The normalized spacial score (nSPS) is 12.0. The number of hydrogen-bond donors (Lipinski definition) is 2. The minimum atomic E-state index is -0.373. The lowest BCUT2D eigenvalue weighted by atomic mass is 10.1. The quantitative estimate of drug-likeness (QED) is 0.492. The molecule has 0 spiro atoms. The maximum Gasteiger partial charge on any atom is 0.330 e. The molecule has 0 aliphatic heterocycles. The Balaban J connectivity index is 2.20. The van der Waals surface area contributed by atoms with E-state index in [2.05, 4.69) is 12.2 Å². The fraction of sp³-hybridized carbons (Fsp3) is 0.450. The molecule has 2 aromatic rings. The fourth-order valence-corrected chi connectivity index (χ4v) is 3.85. The van der Waals surface area contributed by atoms with Crippen LogP contribution in [0.15, 0.2) is 33.9 Å². The third-order valence-corrected chi connectivity index (χ3v) is 5.85. The van der Waals surface area contributed by atoms with Gasteiger partial charge in [-0.25, -0.2) is 4.79 Å². The van der Waals surface area contributed by atoms with Gasteiger partial charge in [0.25, 0.3) is 5.56 Å². The second-order valence-electron chi connectivity index (χ2n) is 6.73. The van der Waals surface area contributed by atoms with E-state index >= 15 is 0 Å². The van der Waals surface area contributed by atoms with Gasteiger partial charge < -0.3 is 10.4 Å². The Hall–Kier alpha value is -2.48. The van der Waals surface area contributed by atoms with Crippen molar-refractivity contribution in [3.8, 4) is 5.75 Å². The van der Waals surface area contributed by atoms with Crippen LogP contribution in [0.25, 0.3) is 0 Å². The largest absolute Gasteiger partial charge is 0.508 e. The van der Waals surface area contributed by atoms with Crippen molar-refractivity contribution in [3.05, 3.63) is 56.4 Å². The van der Waals surface area contributed by atoms with Crippen LogP contribution in [0.1, 0.15) is 42.2 Å². The highest BCUT2D eigenvalue weighted by Crippen LogP contribution is 2.22. The first-order valence-electron chi connectivity index (χ1n) is 9.23. The number of hydrogen-bond acceptors (Lipinski definition) is 6. The Morgan fingerprint density at radius 2 is 1.96 bits per heavy atom. The number of nitrogens with zero attached hydrogens (tertiary/aromatic N) is 2. The summed E-state index contributed by atoms with van der Waals surface area (Å²) < 4.78 is 2.51. The summed E-state index contributed by atoms with van der Waals surface area (Å²) in [6.45, 7) is 3.81. The standard InChI is InChI=1S/C20H27N3O4S/c1-5-6-10-17(28-12-16(25)14-8-7-9-15(24)11-14)21-18-13(2)22(3)20(27)23(4)19(18)26/h7-9,11,17,21,24H,5-6,10,12H2,1-4H3. The molecule has 2 N–H and O–H groups in total. The Kier molecular flexibility index (Phi) is 7.51. The van der Waals surface area contributed by atoms with Crippen molar-refractivity contribution in [2.45, 2.75) is 38.5 Å². The average molecular weight is 406 g/mol. The zero-order chi connectivity index (χ0) is 20.8. The van der Waals surface area contributed by atoms with Crippen molar-refractivity contribution in [2.75, 3.05) is 11.1 Å². The monoisotopic (exact) mass is 405 g/mol. The van der Waals surface area contributed by atoms with E-state index in [0.29, 0.717) is 16.9 Å². The molecule has 0 amide bonds. The molecule has 28 heavy (non-hydrogen) atoms. The molecule has 0 radical (unpaired) electrons. The Bertz CT molecular complexity index is 965. The fourth-order valence-electron chi connectivity index (χ4n) is 2.80. The smallest absolute Gasteiger partial charge is 0.330 e. The molecular weight excluding hydrogens is 378 g/mol. The van der Waals surface area contributed by atoms with Crippen LogP contribution in [0, 0.1) is 6.92 Å². The number of phenols is 1. The Morgan fingerprint density at radius 3 is 2.61 bits per heavy atom.